The molecular weight excluding hydrogens is 186 g/mol. The monoisotopic (exact) mass is 211 g/mol. The summed E-state index contributed by atoms with van der Waals surface area (Å²) in [6, 6.07) is 0.760. The Balaban J connectivity index is 1.71. The minimum absolute atomic E-state index is 0.364. The molecule has 2 rings (SSSR count). The van der Waals surface area contributed by atoms with E-state index in [1.165, 1.54) is 38.5 Å². The molecule has 88 valence electrons. The van der Waals surface area contributed by atoms with Gasteiger partial charge < -0.3 is 10.4 Å². The molecule has 2 nitrogen and oxygen atoms in total. The fraction of sp³-hybridized carbons (Fsp3) is 1.00. The van der Waals surface area contributed by atoms with Crippen LogP contribution in [-0.4, -0.2) is 24.3 Å². The highest BCUT2D eigenvalue weighted by Gasteiger charge is 2.36. The lowest BCUT2D eigenvalue weighted by Gasteiger charge is -2.42. The Bertz CT molecular complexity index is 201. The Morgan fingerprint density at radius 2 is 2.13 bits per heavy atom. The molecule has 0 amide bonds. The molecule has 0 heterocycles. The summed E-state index contributed by atoms with van der Waals surface area (Å²) < 4.78 is 0. The van der Waals surface area contributed by atoms with Crippen LogP contribution in [0, 0.1) is 11.3 Å². The molecule has 15 heavy (non-hydrogen) atoms. The van der Waals surface area contributed by atoms with E-state index in [2.05, 4.69) is 12.2 Å². The number of hydrogen-bond donors (Lipinski definition) is 2. The summed E-state index contributed by atoms with van der Waals surface area (Å²) in [5.74, 6) is 0.915. The predicted molar refractivity (Wildman–Crippen MR) is 62.8 cm³/mol. The Morgan fingerprint density at radius 3 is 2.60 bits per heavy atom. The zero-order valence-electron chi connectivity index (χ0n) is 9.97. The normalized spacial score (nSPS) is 34.0. The van der Waals surface area contributed by atoms with Crippen LogP contribution in [0.2, 0.25) is 0 Å². The van der Waals surface area contributed by atoms with Crippen molar-refractivity contribution in [2.24, 2.45) is 11.3 Å². The highest BCUT2D eigenvalue weighted by molar-refractivity contribution is 4.91. The third-order valence-corrected chi connectivity index (χ3v) is 4.52. The highest BCUT2D eigenvalue weighted by atomic mass is 16.3. The summed E-state index contributed by atoms with van der Waals surface area (Å²) >= 11 is 0. The van der Waals surface area contributed by atoms with Crippen LogP contribution >= 0.6 is 0 Å². The number of nitrogens with one attached hydrogen (secondary N) is 1. The summed E-state index contributed by atoms with van der Waals surface area (Å²) in [6.45, 7) is 3.86. The Kier molecular flexibility index (Phi) is 3.68. The van der Waals surface area contributed by atoms with Crippen molar-refractivity contribution in [1.82, 2.24) is 5.32 Å². The molecule has 2 N–H and O–H groups in total. The van der Waals surface area contributed by atoms with Crippen molar-refractivity contribution in [2.75, 3.05) is 13.2 Å². The van der Waals surface area contributed by atoms with Crippen LogP contribution in [0.4, 0.5) is 0 Å². The molecule has 0 aliphatic heterocycles. The first-order chi connectivity index (χ1) is 7.24. The molecule has 0 spiro atoms. The Morgan fingerprint density at radius 1 is 1.33 bits per heavy atom. The Hall–Kier alpha value is -0.0800. The van der Waals surface area contributed by atoms with Gasteiger partial charge in [0.1, 0.15) is 0 Å². The molecule has 2 heteroatoms. The van der Waals surface area contributed by atoms with E-state index in [1.807, 2.05) is 0 Å². The average Bonchev–Trinajstić information content (AvgIpc) is 2.56. The van der Waals surface area contributed by atoms with Gasteiger partial charge in [0.05, 0.1) is 0 Å². The second kappa shape index (κ2) is 4.84. The van der Waals surface area contributed by atoms with E-state index < -0.39 is 0 Å². The third-order valence-electron chi connectivity index (χ3n) is 4.52. The van der Waals surface area contributed by atoms with Gasteiger partial charge in [-0.1, -0.05) is 13.3 Å². The minimum atomic E-state index is 0.364. The van der Waals surface area contributed by atoms with Crippen LogP contribution in [0.1, 0.15) is 51.9 Å². The second-order valence-electron chi connectivity index (χ2n) is 5.82. The molecule has 0 aromatic heterocycles. The van der Waals surface area contributed by atoms with E-state index in [-0.39, 0.29) is 0 Å². The predicted octanol–water partition coefficient (Wildman–Crippen LogP) is 2.32. The van der Waals surface area contributed by atoms with E-state index in [0.29, 0.717) is 12.0 Å². The number of aliphatic hydroxyl groups is 1. The van der Waals surface area contributed by atoms with Gasteiger partial charge in [-0.3, -0.25) is 0 Å². The summed E-state index contributed by atoms with van der Waals surface area (Å²) in [6.07, 6.45) is 9.12. The maximum absolute atomic E-state index is 9.07. The van der Waals surface area contributed by atoms with Gasteiger partial charge in [0, 0.05) is 19.2 Å². The maximum Gasteiger partial charge on any atom is 0.0436 e. The molecule has 2 aliphatic carbocycles. The largest absolute Gasteiger partial charge is 0.396 e. The van der Waals surface area contributed by atoms with Crippen LogP contribution in [0.15, 0.2) is 0 Å². The first kappa shape index (κ1) is 11.4. The summed E-state index contributed by atoms with van der Waals surface area (Å²) in [5, 5.41) is 12.8. The molecule has 2 unspecified atom stereocenters. The molecule has 2 fully saturated rings. The van der Waals surface area contributed by atoms with Crippen molar-refractivity contribution in [1.29, 1.82) is 0 Å². The van der Waals surface area contributed by atoms with Crippen LogP contribution in [0.25, 0.3) is 0 Å². The van der Waals surface area contributed by atoms with Crippen molar-refractivity contribution in [2.45, 2.75) is 57.9 Å². The van der Waals surface area contributed by atoms with E-state index in [9.17, 15) is 0 Å². The summed E-state index contributed by atoms with van der Waals surface area (Å²) in [4.78, 5) is 0. The molecule has 2 saturated carbocycles. The lowest BCUT2D eigenvalue weighted by molar-refractivity contribution is 0.0827. The van der Waals surface area contributed by atoms with Gasteiger partial charge in [-0.2, -0.15) is 0 Å². The van der Waals surface area contributed by atoms with Crippen LogP contribution in [0.5, 0.6) is 0 Å². The zero-order chi connectivity index (χ0) is 10.7. The van der Waals surface area contributed by atoms with Crippen LogP contribution in [-0.2, 0) is 0 Å². The summed E-state index contributed by atoms with van der Waals surface area (Å²) in [5.41, 5.74) is 0.459. The first-order valence-corrected chi connectivity index (χ1v) is 6.58. The number of aliphatic hydroxyl groups excluding tert-OH is 1. The third kappa shape index (κ3) is 2.73. The Labute approximate surface area is 93.5 Å². The van der Waals surface area contributed by atoms with E-state index in [0.717, 1.165) is 24.9 Å². The van der Waals surface area contributed by atoms with Gasteiger partial charge >= 0.3 is 0 Å². The first-order valence-electron chi connectivity index (χ1n) is 6.58. The van der Waals surface area contributed by atoms with Gasteiger partial charge in [0.2, 0.25) is 0 Å². The van der Waals surface area contributed by atoms with Gasteiger partial charge in [-0.25, -0.2) is 0 Å². The smallest absolute Gasteiger partial charge is 0.0436 e. The van der Waals surface area contributed by atoms with Crippen molar-refractivity contribution < 1.29 is 5.11 Å². The fourth-order valence-electron chi connectivity index (χ4n) is 3.18. The molecule has 0 aromatic carbocycles. The quantitative estimate of drug-likeness (QED) is 0.731. The molecule has 2 atom stereocenters. The van der Waals surface area contributed by atoms with Gasteiger partial charge in [-0.05, 0) is 49.9 Å². The van der Waals surface area contributed by atoms with E-state index >= 15 is 0 Å². The van der Waals surface area contributed by atoms with Gasteiger partial charge in [-0.15, -0.1) is 0 Å². The fourth-order valence-corrected chi connectivity index (χ4v) is 3.18. The van der Waals surface area contributed by atoms with E-state index in [1.54, 1.807) is 0 Å². The standard InChI is InChI=1S/C13H25NO/c1-11-3-4-12(9-11)14-10-13(7-8-15)5-2-6-13/h11-12,14-15H,2-10H2,1H3. The second-order valence-corrected chi connectivity index (χ2v) is 5.82. The van der Waals surface area contributed by atoms with Crippen LogP contribution < -0.4 is 5.32 Å². The molecule has 0 radical (unpaired) electrons. The highest BCUT2D eigenvalue weighted by Crippen LogP contribution is 2.43. The van der Waals surface area contributed by atoms with Crippen molar-refractivity contribution in [3.63, 3.8) is 0 Å². The number of rotatable bonds is 5. The van der Waals surface area contributed by atoms with Crippen LogP contribution in [0.3, 0.4) is 0 Å². The lowest BCUT2D eigenvalue weighted by atomic mass is 9.66. The molecule has 0 aromatic rings. The average molecular weight is 211 g/mol. The van der Waals surface area contributed by atoms with Crippen molar-refractivity contribution >= 4 is 0 Å². The zero-order valence-corrected chi connectivity index (χ0v) is 9.97. The topological polar surface area (TPSA) is 32.3 Å². The molecule has 2 aliphatic rings. The lowest BCUT2D eigenvalue weighted by Crippen LogP contribution is -2.43. The molecule has 0 saturated heterocycles. The molecular formula is C13H25NO. The van der Waals surface area contributed by atoms with Crippen molar-refractivity contribution in [3.05, 3.63) is 0 Å². The number of hydrogen-bond acceptors (Lipinski definition) is 2. The molecule has 0 bridgehead atoms. The maximum atomic E-state index is 9.07. The minimum Gasteiger partial charge on any atom is -0.396 e. The van der Waals surface area contributed by atoms with Crippen molar-refractivity contribution in [3.8, 4) is 0 Å². The summed E-state index contributed by atoms with van der Waals surface area (Å²) in [7, 11) is 0. The van der Waals surface area contributed by atoms with Gasteiger partial charge in [0.25, 0.3) is 0 Å². The SMILES string of the molecule is CC1CCC(NCC2(CCO)CCC2)C1. The van der Waals surface area contributed by atoms with E-state index in [4.69, 9.17) is 5.11 Å². The van der Waals surface area contributed by atoms with Gasteiger partial charge in [0.15, 0.2) is 0 Å².